The molecule has 4 nitrogen and oxygen atoms in total. The summed E-state index contributed by atoms with van der Waals surface area (Å²) in [7, 11) is 0. The average Bonchev–Trinajstić information content (AvgIpc) is 2.35. The van der Waals surface area contributed by atoms with E-state index in [1.54, 1.807) is 24.3 Å². The molecule has 17 heavy (non-hydrogen) atoms. The van der Waals surface area contributed by atoms with Crippen LogP contribution in [0.2, 0.25) is 0 Å². The SMILES string of the molecule is CCC(/C=N\Nc1cccc(C(=O)O)c1)CC. The van der Waals surface area contributed by atoms with E-state index in [4.69, 9.17) is 5.11 Å². The molecule has 4 heteroatoms. The maximum Gasteiger partial charge on any atom is 0.335 e. The summed E-state index contributed by atoms with van der Waals surface area (Å²) in [6, 6.07) is 6.60. The van der Waals surface area contributed by atoms with Crippen LogP contribution in [0.4, 0.5) is 5.69 Å². The standard InChI is InChI=1S/C13H18N2O2/c1-3-10(4-2)9-14-15-12-7-5-6-11(8-12)13(16)17/h5-10,15H,3-4H2,1-2H3,(H,16,17)/b14-9-. The number of carboxylic acids is 1. The lowest BCUT2D eigenvalue weighted by molar-refractivity contribution is 0.0697. The van der Waals surface area contributed by atoms with Crippen LogP contribution in [0, 0.1) is 5.92 Å². The molecule has 0 saturated heterocycles. The monoisotopic (exact) mass is 234 g/mol. The lowest BCUT2D eigenvalue weighted by atomic mass is 10.1. The Morgan fingerprint density at radius 3 is 2.76 bits per heavy atom. The number of hydrogen-bond donors (Lipinski definition) is 2. The van der Waals surface area contributed by atoms with Crippen molar-refractivity contribution < 1.29 is 9.90 Å². The van der Waals surface area contributed by atoms with Gasteiger partial charge in [0.05, 0.1) is 11.3 Å². The molecule has 1 aromatic rings. The van der Waals surface area contributed by atoms with Crippen molar-refractivity contribution in [2.24, 2.45) is 11.0 Å². The molecule has 0 aliphatic heterocycles. The molecule has 92 valence electrons. The molecule has 0 aromatic heterocycles. The molecule has 1 aromatic carbocycles. The van der Waals surface area contributed by atoms with Crippen LogP contribution in [0.3, 0.4) is 0 Å². The lowest BCUT2D eigenvalue weighted by Crippen LogP contribution is -2.01. The first-order chi connectivity index (χ1) is 8.17. The third-order valence-electron chi connectivity index (χ3n) is 2.64. The molecule has 0 saturated carbocycles. The number of nitrogens with zero attached hydrogens (tertiary/aromatic N) is 1. The Hall–Kier alpha value is -1.84. The fourth-order valence-electron chi connectivity index (χ4n) is 1.44. The zero-order valence-corrected chi connectivity index (χ0v) is 10.2. The van der Waals surface area contributed by atoms with Gasteiger partial charge in [-0.2, -0.15) is 5.10 Å². The van der Waals surface area contributed by atoms with Gasteiger partial charge in [-0.05, 0) is 37.0 Å². The maximum atomic E-state index is 10.8. The molecule has 0 atom stereocenters. The second-order valence-electron chi connectivity index (χ2n) is 3.85. The Morgan fingerprint density at radius 1 is 1.47 bits per heavy atom. The van der Waals surface area contributed by atoms with Crippen molar-refractivity contribution >= 4 is 17.9 Å². The van der Waals surface area contributed by atoms with Gasteiger partial charge in [-0.1, -0.05) is 19.9 Å². The fourth-order valence-corrected chi connectivity index (χ4v) is 1.44. The molecule has 0 bridgehead atoms. The van der Waals surface area contributed by atoms with E-state index in [1.165, 1.54) is 0 Å². The van der Waals surface area contributed by atoms with Crippen LogP contribution >= 0.6 is 0 Å². The summed E-state index contributed by atoms with van der Waals surface area (Å²) in [5.74, 6) is -0.470. The van der Waals surface area contributed by atoms with Crippen molar-refractivity contribution in [1.29, 1.82) is 0 Å². The number of hydrogen-bond acceptors (Lipinski definition) is 3. The second kappa shape index (κ2) is 6.68. The summed E-state index contributed by atoms with van der Waals surface area (Å²) >= 11 is 0. The van der Waals surface area contributed by atoms with Crippen molar-refractivity contribution in [3.8, 4) is 0 Å². The molecule has 0 amide bonds. The van der Waals surface area contributed by atoms with E-state index >= 15 is 0 Å². The smallest absolute Gasteiger partial charge is 0.335 e. The molecule has 0 aliphatic carbocycles. The van der Waals surface area contributed by atoms with Crippen molar-refractivity contribution in [2.45, 2.75) is 26.7 Å². The summed E-state index contributed by atoms with van der Waals surface area (Å²) < 4.78 is 0. The largest absolute Gasteiger partial charge is 0.478 e. The molecular weight excluding hydrogens is 216 g/mol. The Kier molecular flexibility index (Phi) is 5.20. The van der Waals surface area contributed by atoms with E-state index in [-0.39, 0.29) is 5.56 Å². The van der Waals surface area contributed by atoms with Crippen LogP contribution in [0.15, 0.2) is 29.4 Å². The van der Waals surface area contributed by atoms with E-state index in [1.807, 2.05) is 6.21 Å². The number of hydrazone groups is 1. The molecule has 0 spiro atoms. The summed E-state index contributed by atoms with van der Waals surface area (Å²) in [6.45, 7) is 4.23. The van der Waals surface area contributed by atoms with Gasteiger partial charge in [-0.25, -0.2) is 4.79 Å². The number of carbonyl (C=O) groups is 1. The minimum Gasteiger partial charge on any atom is -0.478 e. The van der Waals surface area contributed by atoms with Gasteiger partial charge in [0.1, 0.15) is 0 Å². The number of nitrogens with one attached hydrogen (secondary N) is 1. The molecule has 0 fully saturated rings. The predicted molar refractivity (Wildman–Crippen MR) is 69.6 cm³/mol. The first kappa shape index (κ1) is 13.2. The van der Waals surface area contributed by atoms with E-state index in [0.29, 0.717) is 11.6 Å². The van der Waals surface area contributed by atoms with Crippen molar-refractivity contribution in [3.05, 3.63) is 29.8 Å². The van der Waals surface area contributed by atoms with Crippen LogP contribution in [0.5, 0.6) is 0 Å². The van der Waals surface area contributed by atoms with Gasteiger partial charge in [0.25, 0.3) is 0 Å². The predicted octanol–water partition coefficient (Wildman–Crippen LogP) is 3.22. The summed E-state index contributed by atoms with van der Waals surface area (Å²) in [4.78, 5) is 10.8. The minimum atomic E-state index is -0.933. The fraction of sp³-hybridized carbons (Fsp3) is 0.385. The average molecular weight is 234 g/mol. The maximum absolute atomic E-state index is 10.8. The van der Waals surface area contributed by atoms with Crippen molar-refractivity contribution in [1.82, 2.24) is 0 Å². The minimum absolute atomic E-state index is 0.257. The van der Waals surface area contributed by atoms with Crippen molar-refractivity contribution in [2.75, 3.05) is 5.43 Å². The van der Waals surface area contributed by atoms with E-state index < -0.39 is 5.97 Å². The van der Waals surface area contributed by atoms with Crippen molar-refractivity contribution in [3.63, 3.8) is 0 Å². The van der Waals surface area contributed by atoms with Gasteiger partial charge in [0.2, 0.25) is 0 Å². The molecule has 0 heterocycles. The highest BCUT2D eigenvalue weighted by Crippen LogP contribution is 2.11. The third kappa shape index (κ3) is 4.26. The van der Waals surface area contributed by atoms with Gasteiger partial charge >= 0.3 is 5.97 Å². The zero-order chi connectivity index (χ0) is 12.7. The van der Waals surface area contributed by atoms with Crippen LogP contribution in [0.1, 0.15) is 37.0 Å². The molecule has 0 radical (unpaired) electrons. The molecule has 0 unspecified atom stereocenters. The van der Waals surface area contributed by atoms with Gasteiger partial charge in [0.15, 0.2) is 0 Å². The molecule has 0 aliphatic rings. The number of benzene rings is 1. The normalized spacial score (nSPS) is 11.0. The number of aromatic carboxylic acids is 1. The third-order valence-corrected chi connectivity index (χ3v) is 2.64. The Morgan fingerprint density at radius 2 is 2.18 bits per heavy atom. The van der Waals surface area contributed by atoms with Crippen LogP contribution in [-0.2, 0) is 0 Å². The first-order valence-corrected chi connectivity index (χ1v) is 5.79. The van der Waals surface area contributed by atoms with Gasteiger partial charge in [0, 0.05) is 6.21 Å². The van der Waals surface area contributed by atoms with E-state index in [9.17, 15) is 4.79 Å². The van der Waals surface area contributed by atoms with Crippen LogP contribution < -0.4 is 5.43 Å². The Bertz CT molecular complexity index is 398. The summed E-state index contributed by atoms with van der Waals surface area (Å²) in [5.41, 5.74) is 3.79. The van der Waals surface area contributed by atoms with E-state index in [2.05, 4.69) is 24.4 Å². The van der Waals surface area contributed by atoms with E-state index in [0.717, 1.165) is 12.8 Å². The number of rotatable bonds is 6. The van der Waals surface area contributed by atoms with Crippen LogP contribution in [0.25, 0.3) is 0 Å². The first-order valence-electron chi connectivity index (χ1n) is 5.79. The summed E-state index contributed by atoms with van der Waals surface area (Å²) in [5, 5.41) is 12.9. The quantitative estimate of drug-likeness (QED) is 0.587. The van der Waals surface area contributed by atoms with Crippen LogP contribution in [-0.4, -0.2) is 17.3 Å². The highest BCUT2D eigenvalue weighted by atomic mass is 16.4. The topological polar surface area (TPSA) is 61.7 Å². The number of carboxylic acid groups (broad SMARTS) is 1. The molecule has 1 rings (SSSR count). The highest BCUT2D eigenvalue weighted by Gasteiger charge is 2.02. The van der Waals surface area contributed by atoms with Gasteiger partial charge in [-0.15, -0.1) is 0 Å². The number of anilines is 1. The lowest BCUT2D eigenvalue weighted by Gasteiger charge is -2.05. The van der Waals surface area contributed by atoms with Gasteiger partial charge < -0.3 is 5.11 Å². The highest BCUT2D eigenvalue weighted by molar-refractivity contribution is 5.88. The molecular formula is C13H18N2O2. The Labute approximate surface area is 101 Å². The second-order valence-corrected chi connectivity index (χ2v) is 3.85. The zero-order valence-electron chi connectivity index (χ0n) is 10.2. The molecule has 2 N–H and O–H groups in total. The van der Waals surface area contributed by atoms with Gasteiger partial charge in [-0.3, -0.25) is 5.43 Å². The Balaban J connectivity index is 2.63. The summed E-state index contributed by atoms with van der Waals surface area (Å²) in [6.07, 6.45) is 3.97.